The molecule has 1 saturated heterocycles. The van der Waals surface area contributed by atoms with Crippen molar-refractivity contribution < 1.29 is 19.0 Å². The van der Waals surface area contributed by atoms with E-state index >= 15 is 0 Å². The molecule has 0 atom stereocenters. The number of ether oxygens (including phenoxy) is 3. The number of methoxy groups -OCH3 is 2. The van der Waals surface area contributed by atoms with Crippen LogP contribution in [0.5, 0.6) is 11.5 Å². The zero-order valence-electron chi connectivity index (χ0n) is 21.8. The summed E-state index contributed by atoms with van der Waals surface area (Å²) >= 11 is 1.47. The minimum Gasteiger partial charge on any atom is -0.495 e. The van der Waals surface area contributed by atoms with Crippen molar-refractivity contribution in [3.05, 3.63) is 83.9 Å². The Hall–Kier alpha value is -3.46. The molecule has 7 nitrogen and oxygen atoms in total. The molecule has 3 aromatic carbocycles. The number of fused-ring (bicyclic) bond motifs is 1. The van der Waals surface area contributed by atoms with Gasteiger partial charge in [-0.3, -0.25) is 14.6 Å². The van der Waals surface area contributed by atoms with Gasteiger partial charge in [0.1, 0.15) is 21.7 Å². The van der Waals surface area contributed by atoms with Crippen LogP contribution in [0.15, 0.2) is 72.8 Å². The van der Waals surface area contributed by atoms with Crippen molar-refractivity contribution in [2.45, 2.75) is 12.3 Å². The summed E-state index contributed by atoms with van der Waals surface area (Å²) in [5.74, 6) is 1.36. The molecule has 2 heterocycles. The summed E-state index contributed by atoms with van der Waals surface area (Å²) in [6.45, 7) is 4.45. The minimum atomic E-state index is -0.0609. The lowest BCUT2D eigenvalue weighted by Gasteiger charge is -2.30. The zero-order valence-corrected chi connectivity index (χ0v) is 22.7. The van der Waals surface area contributed by atoms with Gasteiger partial charge in [0.05, 0.1) is 27.4 Å². The Bertz CT molecular complexity index is 1260. The largest absolute Gasteiger partial charge is 0.495 e. The van der Waals surface area contributed by atoms with E-state index in [-0.39, 0.29) is 11.8 Å². The minimum absolute atomic E-state index is 0.0351. The third-order valence-corrected chi connectivity index (χ3v) is 8.05. The smallest absolute Gasteiger partial charge is 0.229 e. The Morgan fingerprint density at radius 1 is 0.947 bits per heavy atom. The van der Waals surface area contributed by atoms with Gasteiger partial charge < -0.3 is 14.2 Å². The highest BCUT2D eigenvalue weighted by molar-refractivity contribution is 7.22. The van der Waals surface area contributed by atoms with Crippen LogP contribution in [-0.2, 0) is 9.53 Å². The molecule has 0 unspecified atom stereocenters. The molecule has 198 valence electrons. The van der Waals surface area contributed by atoms with E-state index in [1.165, 1.54) is 11.3 Å². The van der Waals surface area contributed by atoms with E-state index in [0.29, 0.717) is 42.6 Å². The van der Waals surface area contributed by atoms with Gasteiger partial charge in [-0.25, -0.2) is 4.98 Å². The van der Waals surface area contributed by atoms with Gasteiger partial charge in [-0.05, 0) is 23.3 Å². The van der Waals surface area contributed by atoms with Crippen molar-refractivity contribution >= 4 is 32.6 Å². The van der Waals surface area contributed by atoms with Crippen molar-refractivity contribution in [2.75, 3.05) is 58.5 Å². The van der Waals surface area contributed by atoms with Crippen LogP contribution in [0.3, 0.4) is 0 Å². The second-order valence-electron chi connectivity index (χ2n) is 9.22. The second kappa shape index (κ2) is 12.4. The molecule has 4 aromatic rings. The number of rotatable bonds is 10. The Labute approximate surface area is 227 Å². The van der Waals surface area contributed by atoms with Crippen LogP contribution in [0.25, 0.3) is 10.2 Å². The number of anilines is 1. The molecule has 1 aliphatic rings. The lowest BCUT2D eigenvalue weighted by Crippen LogP contribution is -2.43. The monoisotopic (exact) mass is 531 g/mol. The van der Waals surface area contributed by atoms with E-state index in [1.807, 2.05) is 53.4 Å². The van der Waals surface area contributed by atoms with Gasteiger partial charge in [-0.2, -0.15) is 0 Å². The van der Waals surface area contributed by atoms with Gasteiger partial charge in [0, 0.05) is 38.5 Å². The van der Waals surface area contributed by atoms with Crippen LogP contribution in [0.1, 0.15) is 23.5 Å². The van der Waals surface area contributed by atoms with Crippen molar-refractivity contribution in [3.63, 3.8) is 0 Å². The van der Waals surface area contributed by atoms with Crippen LogP contribution in [0.2, 0.25) is 0 Å². The molecule has 1 fully saturated rings. The molecular formula is C30H33N3O4S. The van der Waals surface area contributed by atoms with E-state index in [4.69, 9.17) is 19.2 Å². The third kappa shape index (κ3) is 5.83. The molecule has 0 bridgehead atoms. The summed E-state index contributed by atoms with van der Waals surface area (Å²) in [5, 5.41) is 0.654. The summed E-state index contributed by atoms with van der Waals surface area (Å²) in [5.41, 5.74) is 2.94. The lowest BCUT2D eigenvalue weighted by atomic mass is 9.88. The van der Waals surface area contributed by atoms with Crippen molar-refractivity contribution in [3.8, 4) is 11.5 Å². The van der Waals surface area contributed by atoms with E-state index in [2.05, 4.69) is 29.2 Å². The predicted molar refractivity (Wildman–Crippen MR) is 152 cm³/mol. The predicted octanol–water partition coefficient (Wildman–Crippen LogP) is 5.20. The van der Waals surface area contributed by atoms with E-state index < -0.39 is 0 Å². The van der Waals surface area contributed by atoms with Crippen LogP contribution in [-0.4, -0.2) is 69.4 Å². The third-order valence-electron chi connectivity index (χ3n) is 6.96. The maximum Gasteiger partial charge on any atom is 0.229 e. The van der Waals surface area contributed by atoms with Crippen LogP contribution < -0.4 is 14.4 Å². The quantitative estimate of drug-likeness (QED) is 0.280. The van der Waals surface area contributed by atoms with Crippen LogP contribution >= 0.6 is 11.3 Å². The Morgan fingerprint density at radius 3 is 2.16 bits per heavy atom. The molecule has 8 heteroatoms. The first-order chi connectivity index (χ1) is 18.7. The molecule has 0 radical (unpaired) electrons. The van der Waals surface area contributed by atoms with Gasteiger partial charge in [0.2, 0.25) is 5.91 Å². The first-order valence-electron chi connectivity index (χ1n) is 12.9. The molecular weight excluding hydrogens is 498 g/mol. The van der Waals surface area contributed by atoms with Gasteiger partial charge >= 0.3 is 0 Å². The SMILES string of the molecule is COc1ccc(OC)c2sc(N(CCN3CCOCC3)C(=O)CC(c3ccccc3)c3ccccc3)nc12. The van der Waals surface area contributed by atoms with Crippen molar-refractivity contribution in [1.82, 2.24) is 9.88 Å². The number of hydrogen-bond donors (Lipinski definition) is 0. The fourth-order valence-corrected chi connectivity index (χ4v) is 5.98. The molecule has 5 rings (SSSR count). The fourth-order valence-electron chi connectivity index (χ4n) is 4.87. The molecule has 0 spiro atoms. The van der Waals surface area contributed by atoms with E-state index in [0.717, 1.165) is 41.2 Å². The summed E-state index contributed by atoms with van der Waals surface area (Å²) in [6, 6.07) is 24.2. The van der Waals surface area contributed by atoms with Crippen LogP contribution in [0, 0.1) is 0 Å². The van der Waals surface area contributed by atoms with Gasteiger partial charge in [0.15, 0.2) is 5.13 Å². The number of amides is 1. The number of benzene rings is 3. The van der Waals surface area contributed by atoms with Gasteiger partial charge in [-0.1, -0.05) is 72.0 Å². The maximum atomic E-state index is 14.1. The molecule has 0 N–H and O–H groups in total. The summed E-state index contributed by atoms with van der Waals surface area (Å²) in [7, 11) is 3.28. The first-order valence-corrected chi connectivity index (χ1v) is 13.7. The maximum absolute atomic E-state index is 14.1. The average molecular weight is 532 g/mol. The van der Waals surface area contributed by atoms with E-state index in [1.54, 1.807) is 14.2 Å². The van der Waals surface area contributed by atoms with Crippen molar-refractivity contribution in [1.29, 1.82) is 0 Å². The molecule has 0 saturated carbocycles. The summed E-state index contributed by atoms with van der Waals surface area (Å²) in [6.07, 6.45) is 0.335. The molecule has 0 aliphatic carbocycles. The van der Waals surface area contributed by atoms with Gasteiger partial charge in [-0.15, -0.1) is 0 Å². The zero-order chi connectivity index (χ0) is 26.3. The number of aromatic nitrogens is 1. The molecule has 1 aliphatic heterocycles. The fraction of sp³-hybridized carbons (Fsp3) is 0.333. The number of thiazole rings is 1. The highest BCUT2D eigenvalue weighted by atomic mass is 32.1. The standard InChI is InChI=1S/C30H33N3O4S/c1-35-25-13-14-26(36-2)29-28(25)31-30(38-29)33(16-15-32-17-19-37-20-18-32)27(34)21-24(22-9-5-3-6-10-22)23-11-7-4-8-12-23/h3-14,24H,15-21H2,1-2H3. The lowest BCUT2D eigenvalue weighted by molar-refractivity contribution is -0.118. The number of hydrogen-bond acceptors (Lipinski definition) is 7. The number of carbonyl (C=O) groups is 1. The Morgan fingerprint density at radius 2 is 1.55 bits per heavy atom. The topological polar surface area (TPSA) is 64.1 Å². The second-order valence-corrected chi connectivity index (χ2v) is 10.2. The first kappa shape index (κ1) is 26.2. The summed E-state index contributed by atoms with van der Waals surface area (Å²) < 4.78 is 17.6. The molecule has 1 aromatic heterocycles. The summed E-state index contributed by atoms with van der Waals surface area (Å²) in [4.78, 5) is 23.2. The highest BCUT2D eigenvalue weighted by Gasteiger charge is 2.27. The molecule has 1 amide bonds. The Kier molecular flexibility index (Phi) is 8.53. The normalized spacial score (nSPS) is 14.1. The average Bonchev–Trinajstić information content (AvgIpc) is 3.42. The highest BCUT2D eigenvalue weighted by Crippen LogP contribution is 2.40. The number of carbonyl (C=O) groups excluding carboxylic acids is 1. The number of nitrogens with zero attached hydrogens (tertiary/aromatic N) is 3. The Balaban J connectivity index is 1.49. The van der Waals surface area contributed by atoms with Crippen molar-refractivity contribution in [2.24, 2.45) is 0 Å². The van der Waals surface area contributed by atoms with Crippen LogP contribution in [0.4, 0.5) is 5.13 Å². The van der Waals surface area contributed by atoms with E-state index in [9.17, 15) is 4.79 Å². The van der Waals surface area contributed by atoms with Gasteiger partial charge in [0.25, 0.3) is 0 Å². The number of morpholine rings is 1. The molecule has 38 heavy (non-hydrogen) atoms.